The molecule has 1 aromatic rings. The number of carboxylic acids is 1. The second-order valence-corrected chi connectivity index (χ2v) is 1.89. The smallest absolute Gasteiger partial charge is 0.358 e. The molecule has 1 rings (SSSR count). The third-order valence-corrected chi connectivity index (χ3v) is 1.28. The molecule has 0 aliphatic rings. The van der Waals surface area contributed by atoms with E-state index in [9.17, 15) is 4.79 Å². The zero-order valence-corrected chi connectivity index (χ0v) is 5.63. The van der Waals surface area contributed by atoms with Crippen molar-refractivity contribution in [3.8, 4) is 0 Å². The predicted octanol–water partition coefficient (Wildman–Crippen LogP) is 1.11. The number of aromatic carboxylic acids is 1. The molecule has 1 heterocycles. The Labute approximate surface area is 61.4 Å². The number of nitrogens with zero attached hydrogens (tertiary/aromatic N) is 1. The first-order chi connectivity index (χ1) is 4.75. The van der Waals surface area contributed by atoms with E-state index in [1.807, 2.05) is 0 Å². The van der Waals surface area contributed by atoms with Crippen LogP contribution in [0.3, 0.4) is 0 Å². The predicted molar refractivity (Wildman–Crippen MR) is 33.0 cm³/mol. The van der Waals surface area contributed by atoms with Crippen molar-refractivity contribution >= 4 is 17.6 Å². The van der Waals surface area contributed by atoms with Crippen molar-refractivity contribution in [2.75, 3.05) is 0 Å². The number of halogens is 1. The molecular weight excluding hydrogens is 158 g/mol. The van der Waals surface area contributed by atoms with Gasteiger partial charge in [-0.2, -0.15) is 0 Å². The molecule has 0 saturated heterocycles. The van der Waals surface area contributed by atoms with Crippen LogP contribution in [0, 0.1) is 0 Å². The van der Waals surface area contributed by atoms with Gasteiger partial charge in [0, 0.05) is 5.56 Å². The van der Waals surface area contributed by atoms with E-state index in [0.29, 0.717) is 5.56 Å². The molecule has 1 N–H and O–H groups in total. The second kappa shape index (κ2) is 2.70. The summed E-state index contributed by atoms with van der Waals surface area (Å²) in [5, 5.41) is 11.6. The first-order valence-corrected chi connectivity index (χ1v) is 3.01. The maximum Gasteiger partial charge on any atom is 0.358 e. The zero-order chi connectivity index (χ0) is 7.56. The molecule has 0 aliphatic carbocycles. The van der Waals surface area contributed by atoms with E-state index < -0.39 is 5.97 Å². The second-order valence-electron chi connectivity index (χ2n) is 1.63. The topological polar surface area (TPSA) is 63.3 Å². The van der Waals surface area contributed by atoms with Gasteiger partial charge in [0.2, 0.25) is 0 Å². The molecule has 4 nitrogen and oxygen atoms in total. The standard InChI is InChI=1S/C5H4ClNO3/c6-1-3-2-10-7-4(3)5(8)9/h2H,1H2,(H,8,9). The minimum atomic E-state index is -1.12. The highest BCUT2D eigenvalue weighted by atomic mass is 35.5. The highest BCUT2D eigenvalue weighted by Gasteiger charge is 2.12. The van der Waals surface area contributed by atoms with Gasteiger partial charge in [-0.15, -0.1) is 11.6 Å². The molecule has 0 aromatic carbocycles. The van der Waals surface area contributed by atoms with Crippen molar-refractivity contribution in [1.29, 1.82) is 0 Å². The average molecular weight is 162 g/mol. The Hall–Kier alpha value is -1.03. The van der Waals surface area contributed by atoms with Crippen molar-refractivity contribution in [2.45, 2.75) is 5.88 Å². The summed E-state index contributed by atoms with van der Waals surface area (Å²) in [7, 11) is 0. The molecule has 1 aromatic heterocycles. The average Bonchev–Trinajstić information content (AvgIpc) is 2.33. The van der Waals surface area contributed by atoms with Gasteiger partial charge in [0.15, 0.2) is 5.69 Å². The van der Waals surface area contributed by atoms with Crippen LogP contribution in [-0.4, -0.2) is 16.2 Å². The highest BCUT2D eigenvalue weighted by molar-refractivity contribution is 6.17. The summed E-state index contributed by atoms with van der Waals surface area (Å²) in [6, 6.07) is 0. The molecule has 0 radical (unpaired) electrons. The molecule has 0 atom stereocenters. The van der Waals surface area contributed by atoms with Gasteiger partial charge >= 0.3 is 5.97 Å². The lowest BCUT2D eigenvalue weighted by atomic mass is 10.3. The van der Waals surface area contributed by atoms with Gasteiger partial charge in [0.25, 0.3) is 0 Å². The Balaban J connectivity index is 3.01. The van der Waals surface area contributed by atoms with Gasteiger partial charge in [-0.05, 0) is 0 Å². The number of alkyl halides is 1. The van der Waals surface area contributed by atoms with Crippen LogP contribution in [0.5, 0.6) is 0 Å². The Kier molecular flexibility index (Phi) is 1.91. The summed E-state index contributed by atoms with van der Waals surface area (Å²) in [4.78, 5) is 10.3. The lowest BCUT2D eigenvalue weighted by Gasteiger charge is -1.85. The minimum absolute atomic E-state index is 0.102. The van der Waals surface area contributed by atoms with Crippen molar-refractivity contribution in [1.82, 2.24) is 5.16 Å². The Morgan fingerprint density at radius 2 is 2.60 bits per heavy atom. The monoisotopic (exact) mass is 161 g/mol. The van der Waals surface area contributed by atoms with Crippen LogP contribution in [0.2, 0.25) is 0 Å². The van der Waals surface area contributed by atoms with Gasteiger partial charge in [-0.3, -0.25) is 0 Å². The fraction of sp³-hybridized carbons (Fsp3) is 0.200. The summed E-state index contributed by atoms with van der Waals surface area (Å²) in [5.41, 5.74) is 0.282. The molecular formula is C5H4ClNO3. The SMILES string of the molecule is O=C(O)c1nocc1CCl. The fourth-order valence-corrected chi connectivity index (χ4v) is 0.718. The quantitative estimate of drug-likeness (QED) is 0.660. The molecule has 5 heteroatoms. The molecule has 0 spiro atoms. The van der Waals surface area contributed by atoms with Crippen molar-refractivity contribution in [3.05, 3.63) is 17.5 Å². The maximum atomic E-state index is 10.3. The molecule has 10 heavy (non-hydrogen) atoms. The molecule has 0 bridgehead atoms. The first-order valence-electron chi connectivity index (χ1n) is 2.48. The molecule has 54 valence electrons. The molecule has 0 amide bonds. The Morgan fingerprint density at radius 1 is 1.90 bits per heavy atom. The van der Waals surface area contributed by atoms with Crippen molar-refractivity contribution in [2.24, 2.45) is 0 Å². The van der Waals surface area contributed by atoms with E-state index in [4.69, 9.17) is 16.7 Å². The first kappa shape index (κ1) is 7.08. The van der Waals surface area contributed by atoms with Gasteiger partial charge in [0.1, 0.15) is 6.26 Å². The number of carbonyl (C=O) groups is 1. The summed E-state index contributed by atoms with van der Waals surface area (Å²) in [6.45, 7) is 0. The van der Waals surface area contributed by atoms with Gasteiger partial charge in [0.05, 0.1) is 5.88 Å². The number of rotatable bonds is 2. The normalized spacial score (nSPS) is 9.70. The van der Waals surface area contributed by atoms with Crippen LogP contribution >= 0.6 is 11.6 Å². The van der Waals surface area contributed by atoms with Crippen LogP contribution in [0.4, 0.5) is 0 Å². The minimum Gasteiger partial charge on any atom is -0.476 e. The van der Waals surface area contributed by atoms with E-state index in [0.717, 1.165) is 0 Å². The summed E-state index contributed by atoms with van der Waals surface area (Å²) >= 11 is 5.35. The third-order valence-electron chi connectivity index (χ3n) is 0.990. The van der Waals surface area contributed by atoms with Crippen LogP contribution in [-0.2, 0) is 5.88 Å². The lowest BCUT2D eigenvalue weighted by Crippen LogP contribution is -1.99. The van der Waals surface area contributed by atoms with Crippen LogP contribution in [0.15, 0.2) is 10.8 Å². The molecule has 0 unspecified atom stereocenters. The molecule has 0 aliphatic heterocycles. The molecule has 0 saturated carbocycles. The highest BCUT2D eigenvalue weighted by Crippen LogP contribution is 2.08. The largest absolute Gasteiger partial charge is 0.476 e. The maximum absolute atomic E-state index is 10.3. The van der Waals surface area contributed by atoms with Crippen LogP contribution in [0.25, 0.3) is 0 Å². The van der Waals surface area contributed by atoms with E-state index in [1.165, 1.54) is 6.26 Å². The van der Waals surface area contributed by atoms with E-state index in [1.54, 1.807) is 0 Å². The van der Waals surface area contributed by atoms with Gasteiger partial charge < -0.3 is 9.63 Å². The van der Waals surface area contributed by atoms with E-state index in [2.05, 4.69) is 9.68 Å². The number of hydrogen-bond donors (Lipinski definition) is 1. The lowest BCUT2D eigenvalue weighted by molar-refractivity contribution is 0.0685. The van der Waals surface area contributed by atoms with Gasteiger partial charge in [-0.25, -0.2) is 4.79 Å². The van der Waals surface area contributed by atoms with E-state index in [-0.39, 0.29) is 11.6 Å². The summed E-state index contributed by atoms with van der Waals surface area (Å²) in [5.74, 6) is -1.02. The zero-order valence-electron chi connectivity index (χ0n) is 4.87. The molecule has 0 fully saturated rings. The fourth-order valence-electron chi connectivity index (χ4n) is 0.528. The van der Waals surface area contributed by atoms with Crippen LogP contribution < -0.4 is 0 Å². The van der Waals surface area contributed by atoms with Crippen molar-refractivity contribution in [3.63, 3.8) is 0 Å². The van der Waals surface area contributed by atoms with E-state index >= 15 is 0 Å². The summed E-state index contributed by atoms with van der Waals surface area (Å²) < 4.78 is 4.38. The van der Waals surface area contributed by atoms with Crippen molar-refractivity contribution < 1.29 is 14.4 Å². The van der Waals surface area contributed by atoms with Gasteiger partial charge in [-0.1, -0.05) is 5.16 Å². The third kappa shape index (κ3) is 1.11. The number of carboxylic acid groups (broad SMARTS) is 1. The Bertz CT molecular complexity index is 245. The number of aromatic nitrogens is 1. The Morgan fingerprint density at radius 3 is 3.00 bits per heavy atom. The summed E-state index contributed by atoms with van der Waals surface area (Å²) in [6.07, 6.45) is 1.22. The number of hydrogen-bond acceptors (Lipinski definition) is 3. The van der Waals surface area contributed by atoms with Crippen LogP contribution in [0.1, 0.15) is 16.1 Å².